The van der Waals surface area contributed by atoms with Crippen molar-refractivity contribution in [3.05, 3.63) is 34.6 Å². The van der Waals surface area contributed by atoms with Crippen molar-refractivity contribution in [3.8, 4) is 0 Å². The van der Waals surface area contributed by atoms with Gasteiger partial charge in [-0.05, 0) is 62.3 Å². The third kappa shape index (κ3) is 2.95. The average molecular weight is 282 g/mol. The molecule has 0 radical (unpaired) electrons. The second-order valence-corrected chi connectivity index (χ2v) is 6.50. The molecule has 19 heavy (non-hydrogen) atoms. The highest BCUT2D eigenvalue weighted by atomic mass is 35.5. The van der Waals surface area contributed by atoms with Crippen LogP contribution in [-0.4, -0.2) is 12.1 Å². The van der Waals surface area contributed by atoms with Crippen LogP contribution in [0.4, 0.5) is 4.39 Å². The largest absolute Gasteiger partial charge is 0.311 e. The molecule has 1 aromatic carbocycles. The maximum atomic E-state index is 13.3. The van der Waals surface area contributed by atoms with Crippen molar-refractivity contribution in [2.75, 3.05) is 6.54 Å². The fourth-order valence-corrected chi connectivity index (χ4v) is 3.66. The molecule has 1 aliphatic carbocycles. The summed E-state index contributed by atoms with van der Waals surface area (Å²) in [6.07, 6.45) is 8.80. The molecule has 104 valence electrons. The van der Waals surface area contributed by atoms with Crippen LogP contribution in [0.5, 0.6) is 0 Å². The van der Waals surface area contributed by atoms with Gasteiger partial charge in [-0.1, -0.05) is 30.5 Å². The molecule has 2 aliphatic rings. The summed E-state index contributed by atoms with van der Waals surface area (Å²) in [6, 6.07) is 5.18. The fourth-order valence-electron chi connectivity index (χ4n) is 3.46. The van der Waals surface area contributed by atoms with Gasteiger partial charge in [0.15, 0.2) is 0 Å². The van der Waals surface area contributed by atoms with Crippen LogP contribution >= 0.6 is 11.6 Å². The number of benzene rings is 1. The molecule has 2 fully saturated rings. The smallest absolute Gasteiger partial charge is 0.141 e. The first-order valence-electron chi connectivity index (χ1n) is 7.39. The molecule has 0 bridgehead atoms. The van der Waals surface area contributed by atoms with Gasteiger partial charge in [-0.3, -0.25) is 0 Å². The lowest BCUT2D eigenvalue weighted by molar-refractivity contribution is 0.271. The van der Waals surface area contributed by atoms with Gasteiger partial charge in [-0.15, -0.1) is 0 Å². The van der Waals surface area contributed by atoms with E-state index in [-0.39, 0.29) is 16.4 Å². The van der Waals surface area contributed by atoms with E-state index in [4.69, 9.17) is 11.6 Å². The predicted octanol–water partition coefficient (Wildman–Crippen LogP) is 4.33. The van der Waals surface area contributed by atoms with Gasteiger partial charge >= 0.3 is 0 Å². The maximum absolute atomic E-state index is 13.3. The van der Waals surface area contributed by atoms with Gasteiger partial charge < -0.3 is 5.32 Å². The predicted molar refractivity (Wildman–Crippen MR) is 77.0 cm³/mol. The van der Waals surface area contributed by atoms with Crippen molar-refractivity contribution in [1.82, 2.24) is 5.32 Å². The van der Waals surface area contributed by atoms with E-state index in [1.165, 1.54) is 44.6 Å². The van der Waals surface area contributed by atoms with E-state index in [1.807, 2.05) is 6.07 Å². The van der Waals surface area contributed by atoms with Crippen LogP contribution in [0, 0.1) is 11.7 Å². The molecule has 1 aliphatic heterocycles. The lowest BCUT2D eigenvalue weighted by Gasteiger charge is -2.34. The van der Waals surface area contributed by atoms with E-state index in [1.54, 1.807) is 6.07 Å². The first kappa shape index (κ1) is 13.4. The average Bonchev–Trinajstić information content (AvgIpc) is 3.21. The summed E-state index contributed by atoms with van der Waals surface area (Å²) in [7, 11) is 0. The highest BCUT2D eigenvalue weighted by Crippen LogP contribution is 2.45. The van der Waals surface area contributed by atoms with Gasteiger partial charge in [-0.2, -0.15) is 0 Å². The summed E-state index contributed by atoms with van der Waals surface area (Å²) in [5, 5.41) is 4.05. The molecule has 1 aromatic rings. The van der Waals surface area contributed by atoms with E-state index >= 15 is 0 Å². The van der Waals surface area contributed by atoms with Gasteiger partial charge in [0.1, 0.15) is 5.82 Å². The van der Waals surface area contributed by atoms with Crippen molar-refractivity contribution in [3.63, 3.8) is 0 Å². The minimum absolute atomic E-state index is 0.234. The van der Waals surface area contributed by atoms with Crippen LogP contribution in [0.1, 0.15) is 44.1 Å². The standard InChI is InChI=1S/C16H21ClFN/c17-14-10-12(4-7-15(14)18)11-16(13-5-6-13)8-2-1-3-9-19-16/h4,7,10,13,19H,1-3,5-6,8-9,11H2. The Morgan fingerprint density at radius 2 is 2.11 bits per heavy atom. The second-order valence-electron chi connectivity index (χ2n) is 6.09. The van der Waals surface area contributed by atoms with Crippen molar-refractivity contribution in [1.29, 1.82) is 0 Å². The van der Waals surface area contributed by atoms with E-state index in [2.05, 4.69) is 5.32 Å². The molecule has 0 spiro atoms. The van der Waals surface area contributed by atoms with Crippen molar-refractivity contribution in [2.45, 2.75) is 50.5 Å². The van der Waals surface area contributed by atoms with Crippen LogP contribution in [0.2, 0.25) is 5.02 Å². The van der Waals surface area contributed by atoms with Crippen molar-refractivity contribution < 1.29 is 4.39 Å². The molecule has 1 N–H and O–H groups in total. The third-order valence-corrected chi connectivity index (χ3v) is 4.93. The summed E-state index contributed by atoms with van der Waals surface area (Å²) < 4.78 is 13.3. The summed E-state index contributed by atoms with van der Waals surface area (Å²) in [4.78, 5) is 0. The number of nitrogens with one attached hydrogen (secondary N) is 1. The van der Waals surface area contributed by atoms with E-state index in [0.717, 1.165) is 24.4 Å². The molecular weight excluding hydrogens is 261 g/mol. The first-order chi connectivity index (χ1) is 9.20. The fraction of sp³-hybridized carbons (Fsp3) is 0.625. The molecule has 1 atom stereocenters. The minimum atomic E-state index is -0.320. The zero-order valence-corrected chi connectivity index (χ0v) is 12.0. The number of hydrogen-bond donors (Lipinski definition) is 1. The zero-order chi connectivity index (χ0) is 13.3. The number of halogens is 2. The highest BCUT2D eigenvalue weighted by Gasteiger charge is 2.44. The second kappa shape index (κ2) is 5.41. The van der Waals surface area contributed by atoms with Crippen LogP contribution < -0.4 is 5.32 Å². The van der Waals surface area contributed by atoms with Crippen molar-refractivity contribution >= 4 is 11.6 Å². The third-order valence-electron chi connectivity index (χ3n) is 4.64. The van der Waals surface area contributed by atoms with Crippen molar-refractivity contribution in [2.24, 2.45) is 5.92 Å². The monoisotopic (exact) mass is 281 g/mol. The number of hydrogen-bond acceptors (Lipinski definition) is 1. The minimum Gasteiger partial charge on any atom is -0.311 e. The normalized spacial score (nSPS) is 28.1. The topological polar surface area (TPSA) is 12.0 Å². The lowest BCUT2D eigenvalue weighted by Crippen LogP contribution is -2.48. The maximum Gasteiger partial charge on any atom is 0.141 e. The van der Waals surface area contributed by atoms with Crippen LogP contribution in [0.15, 0.2) is 18.2 Å². The van der Waals surface area contributed by atoms with Crippen LogP contribution in [-0.2, 0) is 6.42 Å². The molecule has 1 nitrogen and oxygen atoms in total. The Bertz CT molecular complexity index is 448. The summed E-state index contributed by atoms with van der Waals surface area (Å²) >= 11 is 5.91. The van der Waals surface area contributed by atoms with E-state index in [0.29, 0.717) is 0 Å². The highest BCUT2D eigenvalue weighted by molar-refractivity contribution is 6.30. The quantitative estimate of drug-likeness (QED) is 0.869. The van der Waals surface area contributed by atoms with E-state index in [9.17, 15) is 4.39 Å². The molecule has 3 rings (SSSR count). The Hall–Kier alpha value is -0.600. The summed E-state index contributed by atoms with van der Waals surface area (Å²) in [5.74, 6) is 0.481. The number of rotatable bonds is 3. The summed E-state index contributed by atoms with van der Waals surface area (Å²) in [6.45, 7) is 1.12. The first-order valence-corrected chi connectivity index (χ1v) is 7.76. The Balaban J connectivity index is 1.82. The van der Waals surface area contributed by atoms with Gasteiger partial charge in [0.05, 0.1) is 5.02 Å². The zero-order valence-electron chi connectivity index (χ0n) is 11.2. The van der Waals surface area contributed by atoms with Gasteiger partial charge in [0, 0.05) is 5.54 Å². The van der Waals surface area contributed by atoms with Crippen LogP contribution in [0.3, 0.4) is 0 Å². The molecule has 1 saturated carbocycles. The summed E-state index contributed by atoms with van der Waals surface area (Å²) in [5.41, 5.74) is 1.39. The molecule has 0 amide bonds. The molecular formula is C16H21ClFN. The van der Waals surface area contributed by atoms with E-state index < -0.39 is 0 Å². The molecule has 1 saturated heterocycles. The Kier molecular flexibility index (Phi) is 3.81. The van der Waals surface area contributed by atoms with Gasteiger partial charge in [-0.25, -0.2) is 4.39 Å². The molecule has 3 heteroatoms. The van der Waals surface area contributed by atoms with Gasteiger partial charge in [0.2, 0.25) is 0 Å². The lowest BCUT2D eigenvalue weighted by atomic mass is 9.82. The Labute approximate surface area is 119 Å². The van der Waals surface area contributed by atoms with Gasteiger partial charge in [0.25, 0.3) is 0 Å². The molecule has 1 heterocycles. The molecule has 0 aromatic heterocycles. The Morgan fingerprint density at radius 3 is 2.84 bits per heavy atom. The SMILES string of the molecule is Fc1ccc(CC2(C3CC3)CCCCCN2)cc1Cl. The Morgan fingerprint density at radius 1 is 1.26 bits per heavy atom. The van der Waals surface area contributed by atoms with Crippen LogP contribution in [0.25, 0.3) is 0 Å². The molecule has 1 unspecified atom stereocenters.